The number of piperazine rings is 1. The molecular formula is C19H16ClF3N2O4. The number of carbonyl (C=O) groups excluding carboxylic acids is 1. The fourth-order valence-corrected chi connectivity index (χ4v) is 3.87. The van der Waals surface area contributed by atoms with Gasteiger partial charge in [-0.05, 0) is 18.2 Å². The summed E-state index contributed by atoms with van der Waals surface area (Å²) < 4.78 is 51.7. The van der Waals surface area contributed by atoms with Gasteiger partial charge in [0.25, 0.3) is 5.91 Å². The number of amides is 1. The first-order valence-electron chi connectivity index (χ1n) is 8.82. The first kappa shape index (κ1) is 19.7. The summed E-state index contributed by atoms with van der Waals surface area (Å²) in [5, 5.41) is 13.2. The highest BCUT2D eigenvalue weighted by Crippen LogP contribution is 2.47. The molecule has 0 aliphatic carbocycles. The smallest absolute Gasteiger partial charge is 0.387 e. The minimum atomic E-state index is -3.29. The van der Waals surface area contributed by atoms with Gasteiger partial charge in [0, 0.05) is 25.2 Å². The molecule has 2 aromatic carbocycles. The van der Waals surface area contributed by atoms with Crippen LogP contribution in [0.3, 0.4) is 0 Å². The predicted octanol–water partition coefficient (Wildman–Crippen LogP) is 3.26. The molecule has 2 aromatic rings. The molecule has 0 saturated carbocycles. The van der Waals surface area contributed by atoms with Crippen molar-refractivity contribution in [2.24, 2.45) is 0 Å². The predicted molar refractivity (Wildman–Crippen MR) is 98.3 cm³/mol. The van der Waals surface area contributed by atoms with Crippen LogP contribution in [-0.2, 0) is 0 Å². The third kappa shape index (κ3) is 3.44. The fraction of sp³-hybridized carbons (Fsp3) is 0.316. The Kier molecular flexibility index (Phi) is 5.18. The minimum absolute atomic E-state index is 0.0195. The van der Waals surface area contributed by atoms with Crippen LogP contribution in [0.1, 0.15) is 10.4 Å². The van der Waals surface area contributed by atoms with E-state index in [4.69, 9.17) is 16.3 Å². The number of hydrogen-bond acceptors (Lipinski definition) is 5. The molecule has 1 atom stereocenters. The van der Waals surface area contributed by atoms with Crippen LogP contribution in [-0.4, -0.2) is 54.8 Å². The molecular weight excluding hydrogens is 413 g/mol. The lowest BCUT2D eigenvalue weighted by atomic mass is 9.99. The van der Waals surface area contributed by atoms with Gasteiger partial charge in [-0.3, -0.25) is 4.79 Å². The summed E-state index contributed by atoms with van der Waals surface area (Å²) in [7, 11) is 0. The maximum atomic E-state index is 15.5. The molecule has 2 heterocycles. The number of rotatable bonds is 3. The summed E-state index contributed by atoms with van der Waals surface area (Å²) in [4.78, 5) is 14.5. The Morgan fingerprint density at radius 2 is 2.14 bits per heavy atom. The Hall–Kier alpha value is -2.65. The number of carbonyl (C=O) groups is 1. The lowest BCUT2D eigenvalue weighted by molar-refractivity contribution is -0.0496. The van der Waals surface area contributed by atoms with Crippen molar-refractivity contribution in [2.45, 2.75) is 12.7 Å². The molecule has 0 unspecified atom stereocenters. The second kappa shape index (κ2) is 7.64. The summed E-state index contributed by atoms with van der Waals surface area (Å²) in [6.07, 6.45) is 0. The van der Waals surface area contributed by atoms with Crippen LogP contribution < -0.4 is 14.8 Å². The van der Waals surface area contributed by atoms with Gasteiger partial charge in [-0.15, -0.1) is 0 Å². The van der Waals surface area contributed by atoms with Gasteiger partial charge >= 0.3 is 6.61 Å². The normalized spacial score (nSPS) is 18.7. The van der Waals surface area contributed by atoms with E-state index in [2.05, 4.69) is 10.1 Å². The van der Waals surface area contributed by atoms with Crippen molar-refractivity contribution in [3.05, 3.63) is 40.7 Å². The van der Waals surface area contributed by atoms with E-state index in [0.29, 0.717) is 19.6 Å². The van der Waals surface area contributed by atoms with E-state index in [-0.39, 0.29) is 34.5 Å². The second-order valence-electron chi connectivity index (χ2n) is 6.62. The van der Waals surface area contributed by atoms with Crippen LogP contribution in [0.25, 0.3) is 11.1 Å². The van der Waals surface area contributed by atoms with Gasteiger partial charge in [0.15, 0.2) is 11.6 Å². The van der Waals surface area contributed by atoms with E-state index in [1.54, 1.807) is 0 Å². The number of alkyl halides is 2. The Balaban J connectivity index is 1.94. The molecule has 2 N–H and O–H groups in total. The first-order chi connectivity index (χ1) is 13.9. The third-order valence-electron chi connectivity index (χ3n) is 4.90. The molecule has 2 aliphatic rings. The molecule has 154 valence electrons. The number of ether oxygens (including phenoxy) is 2. The SMILES string of the molecule is O=C1c2cc(OC(F)F)c(-c3c(O)cccc3Cl)c(F)c2OC[C@H]2CNCCN12. The van der Waals surface area contributed by atoms with Crippen LogP contribution >= 0.6 is 11.6 Å². The summed E-state index contributed by atoms with van der Waals surface area (Å²) in [6.45, 7) is -1.89. The Morgan fingerprint density at radius 3 is 2.86 bits per heavy atom. The zero-order valence-electron chi connectivity index (χ0n) is 14.9. The standard InChI is InChI=1S/C19H16ClF3N2O4/c20-11-2-1-3-12(26)14(11)15-13(29-19(22)23)6-10-17(16(15)21)28-8-9-7-24-4-5-25(9)18(10)27/h1-3,6,9,19,24,26H,4-5,7-8H2/t9-/m1/s1. The van der Waals surface area contributed by atoms with Gasteiger partial charge in [-0.1, -0.05) is 17.7 Å². The first-order valence-corrected chi connectivity index (χ1v) is 9.20. The van der Waals surface area contributed by atoms with Crippen molar-refractivity contribution in [3.63, 3.8) is 0 Å². The molecule has 29 heavy (non-hydrogen) atoms. The van der Waals surface area contributed by atoms with E-state index in [1.807, 2.05) is 0 Å². The summed E-state index contributed by atoms with van der Waals surface area (Å²) >= 11 is 6.09. The lowest BCUT2D eigenvalue weighted by Gasteiger charge is -2.33. The van der Waals surface area contributed by atoms with E-state index < -0.39 is 35.4 Å². The van der Waals surface area contributed by atoms with Crippen LogP contribution in [0.4, 0.5) is 13.2 Å². The molecule has 1 amide bonds. The third-order valence-corrected chi connectivity index (χ3v) is 5.22. The van der Waals surface area contributed by atoms with Crippen LogP contribution in [0, 0.1) is 5.82 Å². The molecule has 1 fully saturated rings. The van der Waals surface area contributed by atoms with Crippen molar-refractivity contribution in [1.29, 1.82) is 0 Å². The number of fused-ring (bicyclic) bond motifs is 2. The average molecular weight is 429 g/mol. The van der Waals surface area contributed by atoms with Crippen molar-refractivity contribution in [3.8, 4) is 28.4 Å². The van der Waals surface area contributed by atoms with Crippen molar-refractivity contribution in [2.75, 3.05) is 26.2 Å². The monoisotopic (exact) mass is 428 g/mol. The number of phenolic OH excluding ortho intramolecular Hbond substituents is 1. The molecule has 0 spiro atoms. The average Bonchev–Trinajstić information content (AvgIpc) is 2.81. The molecule has 0 radical (unpaired) electrons. The topological polar surface area (TPSA) is 71.0 Å². The van der Waals surface area contributed by atoms with Crippen molar-refractivity contribution < 1.29 is 32.5 Å². The number of halogens is 4. The maximum Gasteiger partial charge on any atom is 0.387 e. The molecule has 0 bridgehead atoms. The molecule has 1 saturated heterocycles. The minimum Gasteiger partial charge on any atom is -0.507 e. The number of aromatic hydroxyl groups is 1. The largest absolute Gasteiger partial charge is 0.507 e. The highest BCUT2D eigenvalue weighted by Gasteiger charge is 2.37. The highest BCUT2D eigenvalue weighted by molar-refractivity contribution is 6.33. The summed E-state index contributed by atoms with van der Waals surface area (Å²) in [5.74, 6) is -3.10. The molecule has 4 rings (SSSR count). The number of benzene rings is 2. The van der Waals surface area contributed by atoms with Gasteiger partial charge in [0.2, 0.25) is 0 Å². The van der Waals surface area contributed by atoms with E-state index in [0.717, 1.165) is 6.07 Å². The second-order valence-corrected chi connectivity index (χ2v) is 7.03. The van der Waals surface area contributed by atoms with Gasteiger partial charge in [0.1, 0.15) is 18.1 Å². The molecule has 0 aromatic heterocycles. The van der Waals surface area contributed by atoms with Gasteiger partial charge < -0.3 is 24.8 Å². The van der Waals surface area contributed by atoms with E-state index in [1.165, 1.54) is 23.1 Å². The quantitative estimate of drug-likeness (QED) is 0.785. The summed E-state index contributed by atoms with van der Waals surface area (Å²) in [6, 6.07) is 4.69. The van der Waals surface area contributed by atoms with E-state index >= 15 is 4.39 Å². The summed E-state index contributed by atoms with van der Waals surface area (Å²) in [5.41, 5.74) is -0.958. The molecule has 10 heteroatoms. The fourth-order valence-electron chi connectivity index (χ4n) is 3.60. The number of nitrogens with zero attached hydrogens (tertiary/aromatic N) is 1. The highest BCUT2D eigenvalue weighted by atomic mass is 35.5. The molecule has 2 aliphatic heterocycles. The van der Waals surface area contributed by atoms with Crippen LogP contribution in [0.5, 0.6) is 17.2 Å². The van der Waals surface area contributed by atoms with Gasteiger partial charge in [-0.2, -0.15) is 8.78 Å². The van der Waals surface area contributed by atoms with Crippen molar-refractivity contribution >= 4 is 17.5 Å². The lowest BCUT2D eigenvalue weighted by Crippen LogP contribution is -2.54. The van der Waals surface area contributed by atoms with Crippen LogP contribution in [0.2, 0.25) is 5.02 Å². The zero-order chi connectivity index (χ0) is 20.7. The maximum absolute atomic E-state index is 15.5. The number of hydrogen-bond donors (Lipinski definition) is 2. The zero-order valence-corrected chi connectivity index (χ0v) is 15.7. The van der Waals surface area contributed by atoms with Gasteiger partial charge in [-0.25, -0.2) is 4.39 Å². The Bertz CT molecular complexity index is 953. The van der Waals surface area contributed by atoms with Crippen LogP contribution in [0.15, 0.2) is 24.3 Å². The number of phenols is 1. The number of nitrogens with one attached hydrogen (secondary N) is 1. The van der Waals surface area contributed by atoms with Gasteiger partial charge in [0.05, 0.1) is 22.2 Å². The Morgan fingerprint density at radius 1 is 1.34 bits per heavy atom. The Labute approximate surface area is 168 Å². The van der Waals surface area contributed by atoms with Crippen molar-refractivity contribution in [1.82, 2.24) is 10.2 Å². The van der Waals surface area contributed by atoms with E-state index in [9.17, 15) is 18.7 Å². The molecule has 6 nitrogen and oxygen atoms in total.